The fourth-order valence-corrected chi connectivity index (χ4v) is 3.43. The van der Waals surface area contributed by atoms with Crippen molar-refractivity contribution in [1.29, 1.82) is 0 Å². The first kappa shape index (κ1) is 15.6. The third-order valence-electron chi connectivity index (χ3n) is 5.04. The maximum atomic E-state index is 3.79. The lowest BCUT2D eigenvalue weighted by molar-refractivity contribution is 0.213. The third-order valence-corrected chi connectivity index (χ3v) is 5.04. The molecule has 1 nitrogen and oxygen atoms in total. The summed E-state index contributed by atoms with van der Waals surface area (Å²) in [5, 5.41) is 3.79. The molecule has 1 N–H and O–H groups in total. The Morgan fingerprint density at radius 1 is 1.05 bits per heavy atom. The molecule has 0 amide bonds. The Morgan fingerprint density at radius 2 is 1.80 bits per heavy atom. The van der Waals surface area contributed by atoms with Crippen LogP contribution >= 0.6 is 0 Å². The molecule has 1 saturated carbocycles. The van der Waals surface area contributed by atoms with E-state index in [1.165, 1.54) is 43.2 Å². The van der Waals surface area contributed by atoms with Crippen molar-refractivity contribution in [2.45, 2.75) is 72.4 Å². The summed E-state index contributed by atoms with van der Waals surface area (Å²) in [7, 11) is 0. The zero-order valence-corrected chi connectivity index (χ0v) is 13.7. The number of aryl methyl sites for hydroxylation is 1. The van der Waals surface area contributed by atoms with Crippen molar-refractivity contribution in [3.8, 4) is 0 Å². The summed E-state index contributed by atoms with van der Waals surface area (Å²) in [6.45, 7) is 10.4. The normalized spacial score (nSPS) is 24.4. The number of nitrogens with one attached hydrogen (secondary N) is 1. The van der Waals surface area contributed by atoms with Gasteiger partial charge in [0, 0.05) is 12.6 Å². The second kappa shape index (κ2) is 6.76. The maximum Gasteiger partial charge on any atom is 0.0210 e. The van der Waals surface area contributed by atoms with E-state index in [1.807, 2.05) is 0 Å². The molecule has 0 aromatic heterocycles. The highest BCUT2D eigenvalue weighted by Gasteiger charge is 2.27. The zero-order chi connectivity index (χ0) is 14.6. The van der Waals surface area contributed by atoms with Gasteiger partial charge in [0.25, 0.3) is 0 Å². The van der Waals surface area contributed by atoms with Gasteiger partial charge >= 0.3 is 0 Å². The summed E-state index contributed by atoms with van der Waals surface area (Å²) >= 11 is 0. The molecule has 0 aliphatic heterocycles. The van der Waals surface area contributed by atoms with E-state index in [1.54, 1.807) is 0 Å². The quantitative estimate of drug-likeness (QED) is 0.757. The van der Waals surface area contributed by atoms with Crippen LogP contribution in [0.5, 0.6) is 0 Å². The Hall–Kier alpha value is -0.820. The van der Waals surface area contributed by atoms with Gasteiger partial charge in [-0.05, 0) is 55.1 Å². The minimum absolute atomic E-state index is 0.477. The molecule has 1 aromatic rings. The minimum atomic E-state index is 0.477. The molecule has 2 unspecified atom stereocenters. The molecule has 0 spiro atoms. The van der Waals surface area contributed by atoms with E-state index in [2.05, 4.69) is 57.3 Å². The Kier molecular flexibility index (Phi) is 5.26. The molecule has 1 aliphatic rings. The first-order chi connectivity index (χ1) is 9.47. The number of hydrogen-bond donors (Lipinski definition) is 1. The molecule has 1 fully saturated rings. The predicted molar refractivity (Wildman–Crippen MR) is 87.8 cm³/mol. The van der Waals surface area contributed by atoms with Gasteiger partial charge in [0.2, 0.25) is 0 Å². The second-order valence-electron chi connectivity index (χ2n) is 7.58. The average Bonchev–Trinajstić information content (AvgIpc) is 2.63. The fraction of sp³-hybridized carbons (Fsp3) is 0.684. The van der Waals surface area contributed by atoms with Crippen LogP contribution in [0.4, 0.5) is 0 Å². The van der Waals surface area contributed by atoms with Crippen LogP contribution in [0, 0.1) is 18.3 Å². The van der Waals surface area contributed by atoms with E-state index in [0.717, 1.165) is 12.5 Å². The third kappa shape index (κ3) is 4.34. The Labute approximate surface area is 125 Å². The average molecular weight is 273 g/mol. The van der Waals surface area contributed by atoms with Gasteiger partial charge in [-0.15, -0.1) is 0 Å². The zero-order valence-electron chi connectivity index (χ0n) is 13.7. The Bertz CT molecular complexity index is 416. The molecular weight excluding hydrogens is 242 g/mol. The first-order valence-corrected chi connectivity index (χ1v) is 8.24. The lowest BCUT2D eigenvalue weighted by Gasteiger charge is -2.29. The maximum absolute atomic E-state index is 3.79. The molecule has 2 atom stereocenters. The topological polar surface area (TPSA) is 12.0 Å². The predicted octanol–water partition coefficient (Wildman–Crippen LogP) is 5.08. The van der Waals surface area contributed by atoms with Crippen LogP contribution in [-0.4, -0.2) is 6.04 Å². The van der Waals surface area contributed by atoms with E-state index in [-0.39, 0.29) is 0 Å². The van der Waals surface area contributed by atoms with Gasteiger partial charge in [0.1, 0.15) is 0 Å². The molecule has 0 bridgehead atoms. The molecule has 2 rings (SSSR count). The van der Waals surface area contributed by atoms with Crippen LogP contribution in [0.25, 0.3) is 0 Å². The van der Waals surface area contributed by atoms with Crippen LogP contribution in [0.15, 0.2) is 24.3 Å². The number of rotatable bonds is 3. The molecule has 1 aromatic carbocycles. The Morgan fingerprint density at radius 3 is 2.50 bits per heavy atom. The van der Waals surface area contributed by atoms with Crippen molar-refractivity contribution in [2.24, 2.45) is 11.3 Å². The van der Waals surface area contributed by atoms with E-state index >= 15 is 0 Å². The standard InChI is InChI=1S/C19H31N/c1-15-8-5-6-9-16(15)14-20-18-11-7-10-17(12-13-18)19(2,3)4/h5-6,8-9,17-18,20H,7,10-14H2,1-4H3. The molecule has 20 heavy (non-hydrogen) atoms. The molecule has 0 heterocycles. The van der Waals surface area contributed by atoms with E-state index in [4.69, 9.17) is 0 Å². The van der Waals surface area contributed by atoms with E-state index < -0.39 is 0 Å². The van der Waals surface area contributed by atoms with Gasteiger partial charge in [-0.1, -0.05) is 51.5 Å². The molecule has 0 radical (unpaired) electrons. The molecule has 112 valence electrons. The SMILES string of the molecule is Cc1ccccc1CNC1CCCC(C(C)(C)C)CC1. The highest BCUT2D eigenvalue weighted by Crippen LogP contribution is 2.36. The van der Waals surface area contributed by atoms with Gasteiger partial charge in [0.05, 0.1) is 0 Å². The highest BCUT2D eigenvalue weighted by molar-refractivity contribution is 5.25. The first-order valence-electron chi connectivity index (χ1n) is 8.24. The smallest absolute Gasteiger partial charge is 0.0210 e. The minimum Gasteiger partial charge on any atom is -0.310 e. The van der Waals surface area contributed by atoms with Gasteiger partial charge in [-0.2, -0.15) is 0 Å². The van der Waals surface area contributed by atoms with Crippen LogP contribution in [0.2, 0.25) is 0 Å². The second-order valence-corrected chi connectivity index (χ2v) is 7.58. The summed E-state index contributed by atoms with van der Waals surface area (Å²) < 4.78 is 0. The molecule has 1 heteroatoms. The highest BCUT2D eigenvalue weighted by atomic mass is 14.9. The van der Waals surface area contributed by atoms with Crippen molar-refractivity contribution in [2.75, 3.05) is 0 Å². The van der Waals surface area contributed by atoms with E-state index in [0.29, 0.717) is 11.5 Å². The van der Waals surface area contributed by atoms with Crippen LogP contribution < -0.4 is 5.32 Å². The summed E-state index contributed by atoms with van der Waals surface area (Å²) in [6.07, 6.45) is 6.86. The van der Waals surface area contributed by atoms with Crippen LogP contribution in [0.1, 0.15) is 64.0 Å². The summed E-state index contributed by atoms with van der Waals surface area (Å²) in [5.74, 6) is 0.896. The fourth-order valence-electron chi connectivity index (χ4n) is 3.43. The largest absolute Gasteiger partial charge is 0.310 e. The van der Waals surface area contributed by atoms with Gasteiger partial charge in [-0.3, -0.25) is 0 Å². The van der Waals surface area contributed by atoms with Crippen LogP contribution in [-0.2, 0) is 6.54 Å². The van der Waals surface area contributed by atoms with Gasteiger partial charge in [-0.25, -0.2) is 0 Å². The Balaban J connectivity index is 1.84. The summed E-state index contributed by atoms with van der Waals surface area (Å²) in [6, 6.07) is 9.43. The van der Waals surface area contributed by atoms with Crippen molar-refractivity contribution >= 4 is 0 Å². The molecule has 1 aliphatic carbocycles. The summed E-state index contributed by atoms with van der Waals surface area (Å²) in [5.41, 5.74) is 3.33. The van der Waals surface area contributed by atoms with Gasteiger partial charge in [0.15, 0.2) is 0 Å². The van der Waals surface area contributed by atoms with Crippen molar-refractivity contribution in [1.82, 2.24) is 5.32 Å². The lowest BCUT2D eigenvalue weighted by Crippen LogP contribution is -2.28. The van der Waals surface area contributed by atoms with E-state index in [9.17, 15) is 0 Å². The lowest BCUT2D eigenvalue weighted by atomic mass is 9.76. The monoisotopic (exact) mass is 273 g/mol. The van der Waals surface area contributed by atoms with Crippen molar-refractivity contribution < 1.29 is 0 Å². The molecule has 0 saturated heterocycles. The summed E-state index contributed by atoms with van der Waals surface area (Å²) in [4.78, 5) is 0. The van der Waals surface area contributed by atoms with Crippen LogP contribution in [0.3, 0.4) is 0 Å². The van der Waals surface area contributed by atoms with Crippen molar-refractivity contribution in [3.63, 3.8) is 0 Å². The number of benzene rings is 1. The number of hydrogen-bond acceptors (Lipinski definition) is 1. The molecular formula is C19H31N. The van der Waals surface area contributed by atoms with Crippen molar-refractivity contribution in [3.05, 3.63) is 35.4 Å². The van der Waals surface area contributed by atoms with Gasteiger partial charge < -0.3 is 5.32 Å².